The van der Waals surface area contributed by atoms with Crippen LogP contribution in [0.3, 0.4) is 0 Å². The summed E-state index contributed by atoms with van der Waals surface area (Å²) in [6.45, 7) is 2.14. The first-order chi connectivity index (χ1) is 12.1. The van der Waals surface area contributed by atoms with Crippen LogP contribution in [-0.4, -0.2) is 10.9 Å². The number of carbonyl (C=O) groups is 1. The van der Waals surface area contributed by atoms with Gasteiger partial charge in [0.05, 0.1) is 16.3 Å². The molecule has 3 rings (SSSR count). The number of benzene rings is 2. The van der Waals surface area contributed by atoms with Crippen molar-refractivity contribution in [2.45, 2.75) is 19.8 Å². The van der Waals surface area contributed by atoms with Crippen molar-refractivity contribution in [1.29, 1.82) is 0 Å². The van der Waals surface area contributed by atoms with Gasteiger partial charge in [0.25, 0.3) is 5.91 Å². The monoisotopic (exact) mass is 374 g/mol. The number of rotatable bonds is 5. The van der Waals surface area contributed by atoms with E-state index >= 15 is 0 Å². The van der Waals surface area contributed by atoms with Gasteiger partial charge in [-0.3, -0.25) is 10.1 Å². The first-order valence-electron chi connectivity index (χ1n) is 7.88. The summed E-state index contributed by atoms with van der Waals surface area (Å²) in [5.41, 5.74) is 2.84. The van der Waals surface area contributed by atoms with Crippen molar-refractivity contribution in [3.8, 4) is 11.3 Å². The number of amides is 1. The highest BCUT2D eigenvalue weighted by molar-refractivity contribution is 7.14. The average molecular weight is 375 g/mol. The van der Waals surface area contributed by atoms with E-state index in [4.69, 9.17) is 11.6 Å². The Hall–Kier alpha value is -2.24. The highest BCUT2D eigenvalue weighted by atomic mass is 35.5. The Bertz CT molecular complexity index is 872. The van der Waals surface area contributed by atoms with E-state index in [2.05, 4.69) is 29.4 Å². The molecule has 1 heterocycles. The SMILES string of the molecule is CCCc1ccc(-c2csc(NC(=O)c3c(F)cccc3Cl)n2)cc1. The van der Waals surface area contributed by atoms with Crippen molar-refractivity contribution >= 4 is 34.0 Å². The fourth-order valence-corrected chi connectivity index (χ4v) is 3.43. The number of aromatic nitrogens is 1. The molecule has 128 valence electrons. The molecule has 0 aliphatic rings. The Balaban J connectivity index is 1.76. The normalized spacial score (nSPS) is 10.7. The molecule has 1 amide bonds. The Morgan fingerprint density at radius 1 is 1.24 bits per heavy atom. The number of hydrogen-bond donors (Lipinski definition) is 1. The van der Waals surface area contributed by atoms with Gasteiger partial charge in [0.2, 0.25) is 0 Å². The zero-order chi connectivity index (χ0) is 17.8. The smallest absolute Gasteiger partial charge is 0.261 e. The molecular weight excluding hydrogens is 359 g/mol. The summed E-state index contributed by atoms with van der Waals surface area (Å²) in [6, 6.07) is 12.3. The second-order valence-corrected chi connectivity index (χ2v) is 6.80. The summed E-state index contributed by atoms with van der Waals surface area (Å²) >= 11 is 7.20. The van der Waals surface area contributed by atoms with Gasteiger partial charge in [-0.05, 0) is 24.1 Å². The predicted molar refractivity (Wildman–Crippen MR) is 101 cm³/mol. The number of halogens is 2. The molecule has 25 heavy (non-hydrogen) atoms. The quantitative estimate of drug-likeness (QED) is 0.612. The van der Waals surface area contributed by atoms with Gasteiger partial charge in [-0.1, -0.05) is 55.3 Å². The van der Waals surface area contributed by atoms with Crippen LogP contribution in [0, 0.1) is 5.82 Å². The summed E-state index contributed by atoms with van der Waals surface area (Å²) in [7, 11) is 0. The molecule has 0 aliphatic carbocycles. The third-order valence-electron chi connectivity index (χ3n) is 3.70. The lowest BCUT2D eigenvalue weighted by Crippen LogP contribution is -2.14. The molecule has 0 radical (unpaired) electrons. The molecule has 0 unspecified atom stereocenters. The van der Waals surface area contributed by atoms with E-state index in [0.29, 0.717) is 5.13 Å². The van der Waals surface area contributed by atoms with Crippen LogP contribution in [0.2, 0.25) is 5.02 Å². The van der Waals surface area contributed by atoms with E-state index in [-0.39, 0.29) is 10.6 Å². The highest BCUT2D eigenvalue weighted by Crippen LogP contribution is 2.27. The summed E-state index contributed by atoms with van der Waals surface area (Å²) in [6.07, 6.45) is 2.15. The molecule has 0 fully saturated rings. The number of aryl methyl sites for hydroxylation is 1. The first-order valence-corrected chi connectivity index (χ1v) is 9.14. The molecule has 2 aromatic carbocycles. The second-order valence-electron chi connectivity index (χ2n) is 5.54. The van der Waals surface area contributed by atoms with Crippen LogP contribution in [-0.2, 0) is 6.42 Å². The van der Waals surface area contributed by atoms with Crippen molar-refractivity contribution in [1.82, 2.24) is 4.98 Å². The fourth-order valence-electron chi connectivity index (χ4n) is 2.47. The Kier molecular flexibility index (Phi) is 5.46. The van der Waals surface area contributed by atoms with Gasteiger partial charge in [-0.2, -0.15) is 0 Å². The van der Waals surface area contributed by atoms with Gasteiger partial charge in [-0.15, -0.1) is 11.3 Å². The average Bonchev–Trinajstić information content (AvgIpc) is 3.04. The van der Waals surface area contributed by atoms with Gasteiger partial charge in [0, 0.05) is 10.9 Å². The molecule has 0 spiro atoms. The van der Waals surface area contributed by atoms with Crippen molar-refractivity contribution in [2.75, 3.05) is 5.32 Å². The zero-order valence-electron chi connectivity index (χ0n) is 13.6. The van der Waals surface area contributed by atoms with Gasteiger partial charge in [0.15, 0.2) is 5.13 Å². The number of anilines is 1. The van der Waals surface area contributed by atoms with Crippen LogP contribution in [0.15, 0.2) is 47.8 Å². The molecule has 3 nitrogen and oxygen atoms in total. The second kappa shape index (κ2) is 7.76. The van der Waals surface area contributed by atoms with Crippen LogP contribution in [0.5, 0.6) is 0 Å². The minimum atomic E-state index is -0.659. The molecule has 3 aromatic rings. The first kappa shape index (κ1) is 17.6. The van der Waals surface area contributed by atoms with Gasteiger partial charge >= 0.3 is 0 Å². The summed E-state index contributed by atoms with van der Waals surface area (Å²) in [5.74, 6) is -1.27. The molecule has 6 heteroatoms. The van der Waals surface area contributed by atoms with E-state index in [1.807, 2.05) is 17.5 Å². The summed E-state index contributed by atoms with van der Waals surface area (Å²) in [4.78, 5) is 16.7. The lowest BCUT2D eigenvalue weighted by atomic mass is 10.1. The minimum absolute atomic E-state index is 0.0702. The lowest BCUT2D eigenvalue weighted by Gasteiger charge is -2.05. The van der Waals surface area contributed by atoms with Crippen LogP contribution in [0.1, 0.15) is 29.3 Å². The number of hydrogen-bond acceptors (Lipinski definition) is 3. The maximum absolute atomic E-state index is 13.8. The van der Waals surface area contributed by atoms with E-state index < -0.39 is 11.7 Å². The largest absolute Gasteiger partial charge is 0.298 e. The Morgan fingerprint density at radius 3 is 2.68 bits per heavy atom. The predicted octanol–water partition coefficient (Wildman–Crippen LogP) is 5.81. The molecular formula is C19H16ClFN2OS. The minimum Gasteiger partial charge on any atom is -0.298 e. The summed E-state index contributed by atoms with van der Waals surface area (Å²) < 4.78 is 13.8. The standard InChI is InChI=1S/C19H16ClFN2OS/c1-2-4-12-7-9-13(10-8-12)16-11-25-19(22-16)23-18(24)17-14(20)5-3-6-15(17)21/h3,5-11H,2,4H2,1H3,(H,22,23,24). The van der Waals surface area contributed by atoms with E-state index in [0.717, 1.165) is 24.1 Å². The van der Waals surface area contributed by atoms with Gasteiger partial charge < -0.3 is 0 Å². The lowest BCUT2D eigenvalue weighted by molar-refractivity contribution is 0.102. The number of carbonyl (C=O) groups excluding carboxylic acids is 1. The molecule has 0 saturated heterocycles. The van der Waals surface area contributed by atoms with Crippen LogP contribution < -0.4 is 5.32 Å². The summed E-state index contributed by atoms with van der Waals surface area (Å²) in [5, 5.41) is 4.93. The van der Waals surface area contributed by atoms with Gasteiger partial charge in [0.1, 0.15) is 5.82 Å². The van der Waals surface area contributed by atoms with Crippen molar-refractivity contribution in [3.05, 3.63) is 69.8 Å². The van der Waals surface area contributed by atoms with E-state index in [1.165, 1.54) is 35.1 Å². The molecule has 1 aromatic heterocycles. The third kappa shape index (κ3) is 4.06. The Labute approximate surface area is 154 Å². The molecule has 0 bridgehead atoms. The van der Waals surface area contributed by atoms with E-state index in [1.54, 1.807) is 0 Å². The van der Waals surface area contributed by atoms with Crippen molar-refractivity contribution in [2.24, 2.45) is 0 Å². The van der Waals surface area contributed by atoms with Crippen molar-refractivity contribution in [3.63, 3.8) is 0 Å². The fraction of sp³-hybridized carbons (Fsp3) is 0.158. The molecule has 0 saturated carbocycles. The number of nitrogens with one attached hydrogen (secondary N) is 1. The zero-order valence-corrected chi connectivity index (χ0v) is 15.1. The van der Waals surface area contributed by atoms with Crippen LogP contribution in [0.4, 0.5) is 9.52 Å². The maximum atomic E-state index is 13.8. The van der Waals surface area contributed by atoms with Crippen LogP contribution in [0.25, 0.3) is 11.3 Å². The molecule has 0 atom stereocenters. The number of nitrogens with zero attached hydrogens (tertiary/aromatic N) is 1. The third-order valence-corrected chi connectivity index (χ3v) is 4.78. The highest BCUT2D eigenvalue weighted by Gasteiger charge is 2.17. The maximum Gasteiger partial charge on any atom is 0.261 e. The van der Waals surface area contributed by atoms with E-state index in [9.17, 15) is 9.18 Å². The molecule has 1 N–H and O–H groups in total. The van der Waals surface area contributed by atoms with Crippen molar-refractivity contribution < 1.29 is 9.18 Å². The van der Waals surface area contributed by atoms with Crippen LogP contribution >= 0.6 is 22.9 Å². The Morgan fingerprint density at radius 2 is 2.00 bits per heavy atom. The number of thiazole rings is 1. The van der Waals surface area contributed by atoms with Gasteiger partial charge in [-0.25, -0.2) is 9.37 Å². The topological polar surface area (TPSA) is 42.0 Å². The molecule has 0 aliphatic heterocycles.